The summed E-state index contributed by atoms with van der Waals surface area (Å²) >= 11 is 1.99. The lowest BCUT2D eigenvalue weighted by Crippen LogP contribution is -2.59. The normalized spacial score (nSPS) is 24.3. The molecule has 25 heavy (non-hydrogen) atoms. The Bertz CT molecular complexity index is 529. The predicted octanol–water partition coefficient (Wildman–Crippen LogP) is 1.92. The van der Waals surface area contributed by atoms with Gasteiger partial charge in [0, 0.05) is 37.3 Å². The Labute approximate surface area is 154 Å². The molecule has 0 unspecified atom stereocenters. The van der Waals surface area contributed by atoms with Crippen LogP contribution in [0.25, 0.3) is 0 Å². The van der Waals surface area contributed by atoms with Crippen molar-refractivity contribution in [3.05, 3.63) is 35.9 Å². The van der Waals surface area contributed by atoms with Crippen molar-refractivity contribution in [1.82, 2.24) is 10.2 Å². The third-order valence-corrected chi connectivity index (χ3v) is 6.20. The van der Waals surface area contributed by atoms with E-state index in [1.165, 1.54) is 5.75 Å². The van der Waals surface area contributed by atoms with Crippen LogP contribution in [-0.2, 0) is 20.9 Å². The van der Waals surface area contributed by atoms with Gasteiger partial charge >= 0.3 is 0 Å². The quantitative estimate of drug-likeness (QED) is 0.714. The molecule has 138 valence electrons. The van der Waals surface area contributed by atoms with Crippen LogP contribution >= 0.6 is 11.8 Å². The Morgan fingerprint density at radius 3 is 2.80 bits per heavy atom. The molecule has 1 N–H and O–H groups in total. The largest absolute Gasteiger partial charge is 0.379 e. The van der Waals surface area contributed by atoms with E-state index in [1.807, 2.05) is 42.1 Å². The fraction of sp³-hybridized carbons (Fsp3) is 0.632. The van der Waals surface area contributed by atoms with Crippen molar-refractivity contribution in [3.8, 4) is 0 Å². The van der Waals surface area contributed by atoms with Crippen LogP contribution in [0.2, 0.25) is 0 Å². The number of carbonyl (C=O) groups is 1. The first kappa shape index (κ1) is 18.7. The summed E-state index contributed by atoms with van der Waals surface area (Å²) in [6.07, 6.45) is 1.56. The highest BCUT2D eigenvalue weighted by molar-refractivity contribution is 7.99. The molecule has 0 spiro atoms. The first-order valence-electron chi connectivity index (χ1n) is 9.07. The SMILES string of the molecule is O=C(CCOCc1ccccc1)NC[C@]1(N2CCOCC2)CCSC1. The lowest BCUT2D eigenvalue weighted by molar-refractivity contribution is -0.123. The zero-order valence-electron chi connectivity index (χ0n) is 14.7. The van der Waals surface area contributed by atoms with Crippen molar-refractivity contribution in [2.75, 3.05) is 51.0 Å². The van der Waals surface area contributed by atoms with Gasteiger partial charge in [0.15, 0.2) is 0 Å². The zero-order chi connectivity index (χ0) is 17.4. The second-order valence-corrected chi connectivity index (χ2v) is 7.80. The molecular weight excluding hydrogens is 336 g/mol. The number of nitrogens with one attached hydrogen (secondary N) is 1. The molecule has 0 bridgehead atoms. The topological polar surface area (TPSA) is 50.8 Å². The number of nitrogens with zero attached hydrogens (tertiary/aromatic N) is 1. The number of benzene rings is 1. The maximum Gasteiger partial charge on any atom is 0.222 e. The van der Waals surface area contributed by atoms with Gasteiger partial charge in [-0.2, -0.15) is 11.8 Å². The Hall–Kier alpha value is -1.08. The number of thioether (sulfide) groups is 1. The van der Waals surface area contributed by atoms with Gasteiger partial charge in [-0.05, 0) is 17.7 Å². The van der Waals surface area contributed by atoms with E-state index in [-0.39, 0.29) is 11.4 Å². The maximum absolute atomic E-state index is 12.2. The van der Waals surface area contributed by atoms with Gasteiger partial charge in [-0.1, -0.05) is 30.3 Å². The zero-order valence-corrected chi connectivity index (χ0v) is 15.6. The summed E-state index contributed by atoms with van der Waals surface area (Å²) in [6.45, 7) is 5.29. The monoisotopic (exact) mass is 364 g/mol. The Kier molecular flexibility index (Phi) is 7.16. The minimum absolute atomic E-state index is 0.0811. The van der Waals surface area contributed by atoms with E-state index >= 15 is 0 Å². The van der Waals surface area contributed by atoms with E-state index in [0.29, 0.717) is 19.6 Å². The van der Waals surface area contributed by atoms with Crippen molar-refractivity contribution >= 4 is 17.7 Å². The van der Waals surface area contributed by atoms with E-state index in [4.69, 9.17) is 9.47 Å². The molecule has 5 nitrogen and oxygen atoms in total. The van der Waals surface area contributed by atoms with Crippen molar-refractivity contribution in [2.24, 2.45) is 0 Å². The Morgan fingerprint density at radius 1 is 1.28 bits per heavy atom. The molecule has 3 rings (SSSR count). The maximum atomic E-state index is 12.2. The van der Waals surface area contributed by atoms with E-state index < -0.39 is 0 Å². The molecule has 2 aliphatic rings. The second kappa shape index (κ2) is 9.57. The number of morpholine rings is 1. The summed E-state index contributed by atoms with van der Waals surface area (Å²) in [5, 5.41) is 3.15. The van der Waals surface area contributed by atoms with Crippen LogP contribution in [0.1, 0.15) is 18.4 Å². The molecular formula is C19H28N2O3S. The first-order chi connectivity index (χ1) is 12.3. The molecule has 2 saturated heterocycles. The fourth-order valence-corrected chi connectivity index (χ4v) is 4.89. The number of hydrogen-bond acceptors (Lipinski definition) is 5. The molecule has 2 fully saturated rings. The highest BCUT2D eigenvalue weighted by Crippen LogP contribution is 2.33. The molecule has 1 aromatic rings. The van der Waals surface area contributed by atoms with Crippen LogP contribution in [0.15, 0.2) is 30.3 Å². The van der Waals surface area contributed by atoms with Crippen LogP contribution in [0.3, 0.4) is 0 Å². The summed E-state index contributed by atoms with van der Waals surface area (Å²) < 4.78 is 11.1. The average Bonchev–Trinajstić information content (AvgIpc) is 3.15. The third-order valence-electron chi connectivity index (χ3n) is 4.96. The summed E-state index contributed by atoms with van der Waals surface area (Å²) in [5.41, 5.74) is 1.24. The van der Waals surface area contributed by atoms with Gasteiger partial charge in [-0.25, -0.2) is 0 Å². The van der Waals surface area contributed by atoms with Crippen LogP contribution in [0.4, 0.5) is 0 Å². The van der Waals surface area contributed by atoms with Gasteiger partial charge in [0.1, 0.15) is 0 Å². The fourth-order valence-electron chi connectivity index (χ4n) is 3.42. The van der Waals surface area contributed by atoms with Gasteiger partial charge in [0.2, 0.25) is 5.91 Å². The van der Waals surface area contributed by atoms with Crippen LogP contribution in [0, 0.1) is 0 Å². The van der Waals surface area contributed by atoms with Crippen LogP contribution in [-0.4, -0.2) is 67.3 Å². The molecule has 2 aliphatic heterocycles. The standard InChI is InChI=1S/C19H28N2O3S/c22-18(6-10-24-14-17-4-2-1-3-5-17)20-15-19(7-13-25-16-19)21-8-11-23-12-9-21/h1-5H,6-16H2,(H,20,22)/t19-/m1/s1. The summed E-state index contributed by atoms with van der Waals surface area (Å²) in [4.78, 5) is 14.7. The summed E-state index contributed by atoms with van der Waals surface area (Å²) in [7, 11) is 0. The Morgan fingerprint density at radius 2 is 2.08 bits per heavy atom. The van der Waals surface area contributed by atoms with Gasteiger partial charge in [-0.3, -0.25) is 9.69 Å². The predicted molar refractivity (Wildman–Crippen MR) is 101 cm³/mol. The van der Waals surface area contributed by atoms with Gasteiger partial charge in [0.05, 0.1) is 26.4 Å². The summed E-state index contributed by atoms with van der Waals surface area (Å²) in [5.74, 6) is 2.35. The number of carbonyl (C=O) groups excluding carboxylic acids is 1. The molecule has 0 aromatic heterocycles. The van der Waals surface area contributed by atoms with Crippen LogP contribution in [0.5, 0.6) is 0 Å². The molecule has 6 heteroatoms. The average molecular weight is 365 g/mol. The first-order valence-corrected chi connectivity index (χ1v) is 10.2. The molecule has 0 aliphatic carbocycles. The van der Waals surface area contributed by atoms with Crippen molar-refractivity contribution in [3.63, 3.8) is 0 Å². The van der Waals surface area contributed by atoms with E-state index in [9.17, 15) is 4.79 Å². The lowest BCUT2D eigenvalue weighted by Gasteiger charge is -2.43. The minimum atomic E-state index is 0.0811. The minimum Gasteiger partial charge on any atom is -0.379 e. The van der Waals surface area contributed by atoms with Gasteiger partial charge in [-0.15, -0.1) is 0 Å². The van der Waals surface area contributed by atoms with E-state index in [2.05, 4.69) is 10.2 Å². The number of rotatable bonds is 8. The summed E-state index contributed by atoms with van der Waals surface area (Å²) in [6, 6.07) is 10.0. The number of ether oxygens (including phenoxy) is 2. The molecule has 1 amide bonds. The molecule has 0 radical (unpaired) electrons. The van der Waals surface area contributed by atoms with E-state index in [1.54, 1.807) is 0 Å². The molecule has 1 atom stereocenters. The second-order valence-electron chi connectivity index (χ2n) is 6.69. The number of hydrogen-bond donors (Lipinski definition) is 1. The smallest absolute Gasteiger partial charge is 0.222 e. The van der Waals surface area contributed by atoms with Gasteiger partial charge < -0.3 is 14.8 Å². The molecule has 2 heterocycles. The molecule has 1 aromatic carbocycles. The van der Waals surface area contributed by atoms with Gasteiger partial charge in [0.25, 0.3) is 0 Å². The van der Waals surface area contributed by atoms with E-state index in [0.717, 1.165) is 50.6 Å². The lowest BCUT2D eigenvalue weighted by atomic mass is 9.95. The Balaban J connectivity index is 1.38. The highest BCUT2D eigenvalue weighted by atomic mass is 32.2. The van der Waals surface area contributed by atoms with Crippen molar-refractivity contribution in [2.45, 2.75) is 25.0 Å². The van der Waals surface area contributed by atoms with Crippen molar-refractivity contribution in [1.29, 1.82) is 0 Å². The number of amides is 1. The van der Waals surface area contributed by atoms with Crippen molar-refractivity contribution < 1.29 is 14.3 Å². The van der Waals surface area contributed by atoms with Crippen LogP contribution < -0.4 is 5.32 Å². The highest BCUT2D eigenvalue weighted by Gasteiger charge is 2.40. The molecule has 0 saturated carbocycles. The third kappa shape index (κ3) is 5.45.